The molecule has 0 aliphatic rings. The molecule has 0 atom stereocenters. The van der Waals surface area contributed by atoms with Gasteiger partial charge in [0.15, 0.2) is 17.5 Å². The van der Waals surface area contributed by atoms with Crippen molar-refractivity contribution in [1.29, 1.82) is 0 Å². The molecule has 0 fully saturated rings. The Hall–Kier alpha value is -9.39. The first kappa shape index (κ1) is 38.8. The van der Waals surface area contributed by atoms with Crippen molar-refractivity contribution in [3.8, 4) is 73.2 Å². The summed E-state index contributed by atoms with van der Waals surface area (Å²) in [5.41, 5.74) is 15.3. The SMILES string of the molecule is c1ccc(-c2ccc(-c3nc(-c4ccccc4)nc(-c4cccc5c4oc4c(-c6c(-n7c8ccccc8c8cc(-c9ccccc9)ccc87)ccc7c6oc6ccccc67)cccc45)n3)cc2)cc1. The number of benzene rings is 10. The van der Waals surface area contributed by atoms with Gasteiger partial charge < -0.3 is 13.4 Å². The Morgan fingerprint density at radius 3 is 1.51 bits per heavy atom. The van der Waals surface area contributed by atoms with E-state index in [1.54, 1.807) is 0 Å². The van der Waals surface area contributed by atoms with Crippen LogP contribution in [0.15, 0.2) is 239 Å². The Morgan fingerprint density at radius 2 is 0.783 bits per heavy atom. The molecule has 0 aliphatic carbocycles. The molecule has 4 heterocycles. The van der Waals surface area contributed by atoms with Crippen LogP contribution in [-0.2, 0) is 0 Å². The molecule has 0 aliphatic heterocycles. The maximum atomic E-state index is 7.26. The largest absolute Gasteiger partial charge is 0.455 e. The maximum absolute atomic E-state index is 7.26. The molecule has 14 aromatic rings. The minimum absolute atomic E-state index is 0.525. The number of para-hydroxylation sites is 4. The highest BCUT2D eigenvalue weighted by Gasteiger charge is 2.25. The van der Waals surface area contributed by atoms with Gasteiger partial charge in [0.2, 0.25) is 0 Å². The number of fused-ring (bicyclic) bond motifs is 9. The number of furan rings is 2. The monoisotopic (exact) mass is 882 g/mol. The average molecular weight is 883 g/mol. The normalized spacial score (nSPS) is 11.8. The molecule has 0 N–H and O–H groups in total. The van der Waals surface area contributed by atoms with E-state index in [9.17, 15) is 0 Å². The average Bonchev–Trinajstić information content (AvgIpc) is 4.11. The van der Waals surface area contributed by atoms with Crippen LogP contribution in [0.4, 0.5) is 0 Å². The van der Waals surface area contributed by atoms with Gasteiger partial charge in [-0.3, -0.25) is 0 Å². The van der Waals surface area contributed by atoms with E-state index in [-0.39, 0.29) is 0 Å². The fourth-order valence-corrected chi connectivity index (χ4v) is 10.2. The Balaban J connectivity index is 0.999. The van der Waals surface area contributed by atoms with E-state index < -0.39 is 0 Å². The first-order chi connectivity index (χ1) is 34.2. The van der Waals surface area contributed by atoms with E-state index in [4.69, 9.17) is 23.8 Å². The van der Waals surface area contributed by atoms with Crippen LogP contribution in [0.3, 0.4) is 0 Å². The van der Waals surface area contributed by atoms with Gasteiger partial charge in [0, 0.05) is 49.0 Å². The summed E-state index contributed by atoms with van der Waals surface area (Å²) in [6.07, 6.45) is 0. The van der Waals surface area contributed by atoms with E-state index in [2.05, 4.69) is 180 Å². The van der Waals surface area contributed by atoms with Gasteiger partial charge in [-0.1, -0.05) is 188 Å². The van der Waals surface area contributed by atoms with Crippen molar-refractivity contribution >= 4 is 65.7 Å². The topological polar surface area (TPSA) is 69.9 Å². The maximum Gasteiger partial charge on any atom is 0.167 e. The molecule has 10 aromatic carbocycles. The van der Waals surface area contributed by atoms with E-state index in [0.717, 1.165) is 94.0 Å². The van der Waals surface area contributed by atoms with Gasteiger partial charge in [0.25, 0.3) is 0 Å². The molecule has 4 aromatic heterocycles. The van der Waals surface area contributed by atoms with Crippen molar-refractivity contribution in [2.24, 2.45) is 0 Å². The van der Waals surface area contributed by atoms with Crippen LogP contribution in [0, 0.1) is 0 Å². The summed E-state index contributed by atoms with van der Waals surface area (Å²) in [7, 11) is 0. The minimum Gasteiger partial charge on any atom is -0.455 e. The van der Waals surface area contributed by atoms with E-state index in [1.165, 1.54) is 21.9 Å². The summed E-state index contributed by atoms with van der Waals surface area (Å²) in [6.45, 7) is 0. The lowest BCUT2D eigenvalue weighted by molar-refractivity contribution is 0.665. The van der Waals surface area contributed by atoms with Crippen LogP contribution >= 0.6 is 0 Å². The Labute approximate surface area is 396 Å². The quantitative estimate of drug-likeness (QED) is 0.159. The predicted octanol–water partition coefficient (Wildman–Crippen LogP) is 16.8. The second-order valence-electron chi connectivity index (χ2n) is 17.5. The summed E-state index contributed by atoms with van der Waals surface area (Å²) >= 11 is 0. The molecule has 0 saturated heterocycles. The molecule has 322 valence electrons. The van der Waals surface area contributed by atoms with Crippen LogP contribution in [-0.4, -0.2) is 19.5 Å². The van der Waals surface area contributed by atoms with E-state index >= 15 is 0 Å². The highest BCUT2D eigenvalue weighted by Crippen LogP contribution is 2.47. The first-order valence-corrected chi connectivity index (χ1v) is 23.2. The van der Waals surface area contributed by atoms with Gasteiger partial charge in [-0.05, 0) is 64.7 Å². The molecule has 0 radical (unpaired) electrons. The van der Waals surface area contributed by atoms with E-state index in [0.29, 0.717) is 23.1 Å². The van der Waals surface area contributed by atoms with Crippen molar-refractivity contribution in [1.82, 2.24) is 19.5 Å². The molecular formula is C63H38N4O2. The number of nitrogens with zero attached hydrogens (tertiary/aromatic N) is 4. The third-order valence-electron chi connectivity index (χ3n) is 13.5. The van der Waals surface area contributed by atoms with Crippen molar-refractivity contribution in [2.75, 3.05) is 0 Å². The highest BCUT2D eigenvalue weighted by molar-refractivity contribution is 6.19. The fourth-order valence-electron chi connectivity index (χ4n) is 10.2. The van der Waals surface area contributed by atoms with E-state index in [1.807, 2.05) is 54.6 Å². The molecule has 6 nitrogen and oxygen atoms in total. The summed E-state index contributed by atoms with van der Waals surface area (Å²) in [5, 5.41) is 6.38. The van der Waals surface area contributed by atoms with Gasteiger partial charge in [0.1, 0.15) is 22.3 Å². The number of rotatable bonds is 7. The van der Waals surface area contributed by atoms with Crippen LogP contribution < -0.4 is 0 Å². The second-order valence-corrected chi connectivity index (χ2v) is 17.5. The highest BCUT2D eigenvalue weighted by atomic mass is 16.3. The molecule has 0 unspecified atom stereocenters. The summed E-state index contributed by atoms with van der Waals surface area (Å²) < 4.78 is 16.6. The van der Waals surface area contributed by atoms with Gasteiger partial charge in [-0.25, -0.2) is 15.0 Å². The number of hydrogen-bond donors (Lipinski definition) is 0. The van der Waals surface area contributed by atoms with Crippen molar-refractivity contribution in [3.05, 3.63) is 231 Å². The molecule has 0 bridgehead atoms. The minimum atomic E-state index is 0.525. The second kappa shape index (κ2) is 15.6. The van der Waals surface area contributed by atoms with Crippen LogP contribution in [0.5, 0.6) is 0 Å². The van der Waals surface area contributed by atoms with Crippen LogP contribution in [0.25, 0.3) is 139 Å². The third-order valence-corrected chi connectivity index (χ3v) is 13.5. The van der Waals surface area contributed by atoms with Crippen molar-refractivity contribution < 1.29 is 8.83 Å². The molecule has 69 heavy (non-hydrogen) atoms. The van der Waals surface area contributed by atoms with Crippen LogP contribution in [0.1, 0.15) is 0 Å². The molecule has 0 amide bonds. The van der Waals surface area contributed by atoms with Gasteiger partial charge in [-0.2, -0.15) is 0 Å². The number of hydrogen-bond acceptors (Lipinski definition) is 5. The smallest absolute Gasteiger partial charge is 0.167 e. The fraction of sp³-hybridized carbons (Fsp3) is 0. The first-order valence-electron chi connectivity index (χ1n) is 23.2. The molecule has 14 rings (SSSR count). The zero-order valence-corrected chi connectivity index (χ0v) is 37.0. The lowest BCUT2D eigenvalue weighted by Gasteiger charge is -2.15. The Kier molecular flexibility index (Phi) is 8.79. The summed E-state index contributed by atoms with van der Waals surface area (Å²) in [5.74, 6) is 1.69. The molecular weight excluding hydrogens is 845 g/mol. The van der Waals surface area contributed by atoms with Gasteiger partial charge >= 0.3 is 0 Å². The Bertz CT molecular complexity index is 4290. The lowest BCUT2D eigenvalue weighted by Crippen LogP contribution is -2.00. The number of aromatic nitrogens is 4. The molecule has 0 spiro atoms. The predicted molar refractivity (Wildman–Crippen MR) is 281 cm³/mol. The molecule has 6 heteroatoms. The van der Waals surface area contributed by atoms with Gasteiger partial charge in [-0.15, -0.1) is 0 Å². The van der Waals surface area contributed by atoms with Crippen LogP contribution in [0.2, 0.25) is 0 Å². The standard InChI is InChI=1S/C63H38N4O2/c1-4-16-39(17-5-1)41-30-32-43(33-31-41)62-64-61(42-20-8-3-9-21-42)65-63(66-62)51-27-15-25-48-47-24-14-26-50(58(47)69-59(48)51)57-55(37-35-49-46-23-11-13-29-56(46)68-60(49)57)67-53-28-12-10-22-45(53)52-38-44(34-36-54(52)67)40-18-6-2-7-19-40/h1-38H. The summed E-state index contributed by atoms with van der Waals surface area (Å²) in [4.78, 5) is 15.4. The van der Waals surface area contributed by atoms with Crippen molar-refractivity contribution in [2.45, 2.75) is 0 Å². The zero-order valence-electron chi connectivity index (χ0n) is 37.0. The molecule has 0 saturated carbocycles. The third kappa shape index (κ3) is 6.30. The lowest BCUT2D eigenvalue weighted by atomic mass is 9.97. The Morgan fingerprint density at radius 1 is 0.290 bits per heavy atom. The van der Waals surface area contributed by atoms with Crippen molar-refractivity contribution in [3.63, 3.8) is 0 Å². The zero-order chi connectivity index (χ0) is 45.4. The van der Waals surface area contributed by atoms with Gasteiger partial charge in [0.05, 0.1) is 27.8 Å². The summed E-state index contributed by atoms with van der Waals surface area (Å²) in [6, 6.07) is 80.3.